The molecule has 0 saturated heterocycles. The second-order valence-electron chi connectivity index (χ2n) is 7.58. The number of aromatic nitrogens is 2. The van der Waals surface area contributed by atoms with Gasteiger partial charge in [-0.25, -0.2) is 9.78 Å². The van der Waals surface area contributed by atoms with Crippen LogP contribution in [0.25, 0.3) is 5.65 Å². The molecular formula is C25H24N4O3. The maximum Gasteiger partial charge on any atom is 0.323 e. The first-order chi connectivity index (χ1) is 15.4. The second-order valence-corrected chi connectivity index (χ2v) is 7.58. The summed E-state index contributed by atoms with van der Waals surface area (Å²) in [5.41, 5.74) is 5.21. The smallest absolute Gasteiger partial charge is 0.323 e. The zero-order valence-electron chi connectivity index (χ0n) is 18.2. The average Bonchev–Trinajstić information content (AvgIpc) is 2.77. The van der Waals surface area contributed by atoms with Gasteiger partial charge in [0.1, 0.15) is 18.0 Å². The molecule has 7 nitrogen and oxygen atoms in total. The first-order valence-electron chi connectivity index (χ1n) is 10.3. The summed E-state index contributed by atoms with van der Waals surface area (Å²) in [6.07, 6.45) is 1.69. The van der Waals surface area contributed by atoms with Crippen molar-refractivity contribution in [1.29, 1.82) is 0 Å². The van der Waals surface area contributed by atoms with Gasteiger partial charge in [-0.15, -0.1) is 0 Å². The maximum atomic E-state index is 12.6. The highest BCUT2D eigenvalue weighted by atomic mass is 16.5. The normalized spacial score (nSPS) is 10.7. The van der Waals surface area contributed by atoms with Crippen LogP contribution >= 0.6 is 0 Å². The van der Waals surface area contributed by atoms with Crippen LogP contribution in [0.1, 0.15) is 22.4 Å². The van der Waals surface area contributed by atoms with Crippen molar-refractivity contribution >= 4 is 23.1 Å². The monoisotopic (exact) mass is 428 g/mol. The van der Waals surface area contributed by atoms with Crippen LogP contribution in [0.3, 0.4) is 0 Å². The van der Waals surface area contributed by atoms with Crippen LogP contribution in [0, 0.1) is 20.8 Å². The van der Waals surface area contributed by atoms with Crippen LogP contribution in [-0.2, 0) is 6.61 Å². The van der Waals surface area contributed by atoms with Crippen LogP contribution in [0.5, 0.6) is 5.75 Å². The Balaban J connectivity index is 1.50. The first kappa shape index (κ1) is 21.1. The van der Waals surface area contributed by atoms with Crippen molar-refractivity contribution in [3.05, 3.63) is 99.6 Å². The van der Waals surface area contributed by atoms with Crippen LogP contribution in [0.4, 0.5) is 16.2 Å². The highest BCUT2D eigenvalue weighted by Crippen LogP contribution is 2.25. The van der Waals surface area contributed by atoms with E-state index in [1.54, 1.807) is 18.3 Å². The van der Waals surface area contributed by atoms with Gasteiger partial charge in [-0.3, -0.25) is 9.20 Å². The number of carbonyl (C=O) groups is 1. The lowest BCUT2D eigenvalue weighted by atomic mass is 10.1. The fraction of sp³-hybridized carbons (Fsp3) is 0.160. The Morgan fingerprint density at radius 1 is 0.938 bits per heavy atom. The number of nitrogens with zero attached hydrogens (tertiary/aromatic N) is 2. The van der Waals surface area contributed by atoms with Crippen LogP contribution in [0.2, 0.25) is 0 Å². The Bertz CT molecular complexity index is 1360. The molecule has 0 unspecified atom stereocenters. The van der Waals surface area contributed by atoms with Gasteiger partial charge in [0.25, 0.3) is 5.56 Å². The number of pyridine rings is 1. The summed E-state index contributed by atoms with van der Waals surface area (Å²) in [6.45, 7) is 5.95. The third kappa shape index (κ3) is 4.46. The van der Waals surface area contributed by atoms with E-state index in [2.05, 4.69) is 15.6 Å². The number of carbonyl (C=O) groups excluding carboxylic acids is 1. The van der Waals surface area contributed by atoms with E-state index in [0.29, 0.717) is 22.8 Å². The van der Waals surface area contributed by atoms with Gasteiger partial charge < -0.3 is 15.4 Å². The number of hydrogen-bond donors (Lipinski definition) is 2. The van der Waals surface area contributed by atoms with E-state index < -0.39 is 0 Å². The number of urea groups is 1. The van der Waals surface area contributed by atoms with E-state index in [1.165, 1.54) is 10.5 Å². The highest BCUT2D eigenvalue weighted by Gasteiger charge is 2.11. The molecule has 2 aromatic heterocycles. The van der Waals surface area contributed by atoms with E-state index >= 15 is 0 Å². The molecule has 162 valence electrons. The average molecular weight is 428 g/mol. The number of fused-ring (bicyclic) bond motifs is 1. The number of para-hydroxylation sites is 2. The Morgan fingerprint density at radius 3 is 2.50 bits per heavy atom. The minimum absolute atomic E-state index is 0.0946. The molecule has 0 aliphatic heterocycles. The summed E-state index contributed by atoms with van der Waals surface area (Å²) in [7, 11) is 0. The first-order valence-corrected chi connectivity index (χ1v) is 10.3. The van der Waals surface area contributed by atoms with Gasteiger partial charge in [0.2, 0.25) is 0 Å². The van der Waals surface area contributed by atoms with Crippen molar-refractivity contribution in [2.75, 3.05) is 10.6 Å². The van der Waals surface area contributed by atoms with Crippen molar-refractivity contribution < 1.29 is 9.53 Å². The number of amides is 2. The molecule has 0 fully saturated rings. The Kier molecular flexibility index (Phi) is 5.89. The Hall–Kier alpha value is -4.13. The van der Waals surface area contributed by atoms with E-state index in [-0.39, 0.29) is 18.2 Å². The topological polar surface area (TPSA) is 84.7 Å². The third-order valence-electron chi connectivity index (χ3n) is 5.30. The number of hydrogen-bond acceptors (Lipinski definition) is 4. The van der Waals surface area contributed by atoms with Gasteiger partial charge in [-0.1, -0.05) is 30.3 Å². The minimum Gasteiger partial charge on any atom is -0.485 e. The number of anilines is 2. The fourth-order valence-corrected chi connectivity index (χ4v) is 3.39. The van der Waals surface area contributed by atoms with Gasteiger partial charge in [0, 0.05) is 18.0 Å². The summed E-state index contributed by atoms with van der Waals surface area (Å²) in [5, 5.41) is 5.70. The van der Waals surface area contributed by atoms with Crippen molar-refractivity contribution in [2.45, 2.75) is 27.4 Å². The number of nitrogens with one attached hydrogen (secondary N) is 2. The fourth-order valence-electron chi connectivity index (χ4n) is 3.39. The van der Waals surface area contributed by atoms with E-state index in [1.807, 2.05) is 63.2 Å². The van der Waals surface area contributed by atoms with Crippen LogP contribution in [0.15, 0.2) is 71.7 Å². The van der Waals surface area contributed by atoms with Gasteiger partial charge in [0.05, 0.1) is 11.4 Å². The summed E-state index contributed by atoms with van der Waals surface area (Å²) in [6, 6.07) is 17.7. The number of ether oxygens (including phenoxy) is 1. The SMILES string of the molecule is Cc1cccc(NC(=O)Nc2ccccc2OCc2cc(=O)n3cccc(C)c3n2)c1C. The number of rotatable bonds is 5. The molecule has 4 aromatic rings. The lowest BCUT2D eigenvalue weighted by Crippen LogP contribution is -2.20. The van der Waals surface area contributed by atoms with Crippen LogP contribution in [-0.4, -0.2) is 15.4 Å². The van der Waals surface area contributed by atoms with Gasteiger partial charge in [0.15, 0.2) is 0 Å². The molecule has 7 heteroatoms. The number of aryl methyl sites for hydroxylation is 2. The van der Waals surface area contributed by atoms with E-state index in [0.717, 1.165) is 22.4 Å². The lowest BCUT2D eigenvalue weighted by molar-refractivity contribution is 0.261. The molecule has 0 spiro atoms. The Morgan fingerprint density at radius 2 is 1.66 bits per heavy atom. The molecule has 2 heterocycles. The van der Waals surface area contributed by atoms with Crippen molar-refractivity contribution in [3.63, 3.8) is 0 Å². The molecule has 0 bridgehead atoms. The van der Waals surface area contributed by atoms with Crippen molar-refractivity contribution in [2.24, 2.45) is 0 Å². The van der Waals surface area contributed by atoms with Crippen LogP contribution < -0.4 is 20.9 Å². The molecule has 2 N–H and O–H groups in total. The molecule has 2 aromatic carbocycles. The Labute approximate surface area is 185 Å². The number of benzene rings is 2. The molecule has 0 aliphatic rings. The quantitative estimate of drug-likeness (QED) is 0.476. The summed E-state index contributed by atoms with van der Waals surface area (Å²) in [4.78, 5) is 29.5. The second kappa shape index (κ2) is 8.93. The minimum atomic E-state index is -0.368. The zero-order valence-corrected chi connectivity index (χ0v) is 18.2. The third-order valence-corrected chi connectivity index (χ3v) is 5.30. The highest BCUT2D eigenvalue weighted by molar-refractivity contribution is 6.01. The summed E-state index contributed by atoms with van der Waals surface area (Å²) in [5.74, 6) is 0.482. The van der Waals surface area contributed by atoms with Gasteiger partial charge >= 0.3 is 6.03 Å². The van der Waals surface area contributed by atoms with Gasteiger partial charge in [-0.05, 0) is 61.7 Å². The molecule has 0 saturated carbocycles. The van der Waals surface area contributed by atoms with Crippen molar-refractivity contribution in [1.82, 2.24) is 9.38 Å². The molecule has 0 radical (unpaired) electrons. The molecule has 32 heavy (non-hydrogen) atoms. The molecule has 0 aliphatic carbocycles. The summed E-state index contributed by atoms with van der Waals surface area (Å²) >= 11 is 0. The molecule has 4 rings (SSSR count). The predicted molar refractivity (Wildman–Crippen MR) is 126 cm³/mol. The lowest BCUT2D eigenvalue weighted by Gasteiger charge is -2.14. The summed E-state index contributed by atoms with van der Waals surface area (Å²) < 4.78 is 7.41. The molecule has 0 atom stereocenters. The standard InChI is InChI=1S/C25H24N4O3/c1-16-8-6-11-20(18(16)3)27-25(31)28-21-10-4-5-12-22(21)32-15-19-14-23(30)29-13-7-9-17(2)24(29)26-19/h4-14H,15H2,1-3H3,(H2,27,28,31). The predicted octanol–water partition coefficient (Wildman–Crippen LogP) is 4.84. The van der Waals surface area contributed by atoms with Crippen molar-refractivity contribution in [3.8, 4) is 5.75 Å². The zero-order chi connectivity index (χ0) is 22.7. The molecule has 2 amide bonds. The maximum absolute atomic E-state index is 12.6. The largest absolute Gasteiger partial charge is 0.485 e. The molecular weight excluding hydrogens is 404 g/mol. The van der Waals surface area contributed by atoms with E-state index in [9.17, 15) is 9.59 Å². The van der Waals surface area contributed by atoms with Gasteiger partial charge in [-0.2, -0.15) is 0 Å². The van der Waals surface area contributed by atoms with E-state index in [4.69, 9.17) is 4.74 Å².